The van der Waals surface area contributed by atoms with Gasteiger partial charge in [-0.2, -0.15) is 11.8 Å². The molecule has 1 N–H and O–H groups in total. The smallest absolute Gasteiger partial charge is 0.151 e. The number of fused-ring (bicyclic) bond motifs is 2. The number of likely N-dealkylation sites (N-methyl/N-ethyl adjacent to an activating group) is 2. The van der Waals surface area contributed by atoms with Crippen molar-refractivity contribution >= 4 is 23.3 Å². The van der Waals surface area contributed by atoms with E-state index in [-0.39, 0.29) is 17.9 Å². The van der Waals surface area contributed by atoms with Gasteiger partial charge in [0.15, 0.2) is 5.78 Å². The molecule has 0 aromatic heterocycles. The Hall–Kier alpha value is -1.21. The summed E-state index contributed by atoms with van der Waals surface area (Å²) in [4.78, 5) is 27.0. The molecule has 4 atom stereocenters. The van der Waals surface area contributed by atoms with E-state index in [0.29, 0.717) is 17.1 Å². The molecule has 3 aliphatic heterocycles. The molecule has 142 valence electrons. The van der Waals surface area contributed by atoms with Crippen LogP contribution in [0.1, 0.15) is 31.0 Å². The number of ketones is 2. The third-order valence-corrected chi connectivity index (χ3v) is 7.09. The highest BCUT2D eigenvalue weighted by Crippen LogP contribution is 2.32. The van der Waals surface area contributed by atoms with Crippen LogP contribution in [0.2, 0.25) is 0 Å². The number of nitrogens with one attached hydrogen (secondary N) is 1. The number of benzene rings is 1. The molecule has 0 spiro atoms. The first kappa shape index (κ1) is 19.5. The van der Waals surface area contributed by atoms with Crippen LogP contribution in [0.3, 0.4) is 0 Å². The monoisotopic (exact) mass is 375 g/mol. The molecule has 0 radical (unpaired) electrons. The molecule has 2 saturated heterocycles. The zero-order valence-electron chi connectivity index (χ0n) is 16.1. The van der Waals surface area contributed by atoms with Crippen molar-refractivity contribution in [2.45, 2.75) is 43.8 Å². The lowest BCUT2D eigenvalue weighted by atomic mass is 10.0. The van der Waals surface area contributed by atoms with Crippen LogP contribution < -0.4 is 5.32 Å². The second-order valence-corrected chi connectivity index (χ2v) is 8.79. The van der Waals surface area contributed by atoms with Crippen molar-refractivity contribution in [3.05, 3.63) is 35.4 Å². The van der Waals surface area contributed by atoms with Gasteiger partial charge in [-0.15, -0.1) is 0 Å². The normalized spacial score (nSPS) is 30.9. The van der Waals surface area contributed by atoms with Gasteiger partial charge in [0.2, 0.25) is 0 Å². The maximum atomic E-state index is 11.4. The van der Waals surface area contributed by atoms with Gasteiger partial charge in [-0.3, -0.25) is 19.4 Å². The van der Waals surface area contributed by atoms with Gasteiger partial charge in [0, 0.05) is 36.7 Å². The van der Waals surface area contributed by atoms with Crippen molar-refractivity contribution in [3.63, 3.8) is 0 Å². The zero-order chi connectivity index (χ0) is 18.8. The standard InChI is InChI=1S/C11H13NO.C9H16N2OS/c1-8(13)11-10-6-4-3-5-9(10)7-12(11)2;1-6(12)8-5-13-9-4-10-3-7(9)11(8)2/h3-6,11H,7H2,1-2H3;7-10H,3-5H2,1-2H3. The number of Topliss-reactive ketones (excluding diaryl/α,β-unsaturated/α-hetero) is 2. The average Bonchev–Trinajstić information content (AvgIpc) is 3.18. The highest BCUT2D eigenvalue weighted by Gasteiger charge is 2.39. The Kier molecular flexibility index (Phi) is 6.17. The van der Waals surface area contributed by atoms with Crippen molar-refractivity contribution in [3.8, 4) is 0 Å². The summed E-state index contributed by atoms with van der Waals surface area (Å²) in [5.74, 6) is 1.50. The van der Waals surface area contributed by atoms with Crippen molar-refractivity contribution < 1.29 is 9.59 Å². The van der Waals surface area contributed by atoms with E-state index >= 15 is 0 Å². The van der Waals surface area contributed by atoms with Crippen LogP contribution in [-0.4, -0.2) is 71.6 Å². The number of hydrogen-bond donors (Lipinski definition) is 1. The van der Waals surface area contributed by atoms with Crippen LogP contribution in [-0.2, 0) is 16.1 Å². The van der Waals surface area contributed by atoms with Crippen molar-refractivity contribution in [1.82, 2.24) is 15.1 Å². The third kappa shape index (κ3) is 3.88. The van der Waals surface area contributed by atoms with Crippen LogP contribution in [0.4, 0.5) is 0 Å². The van der Waals surface area contributed by atoms with E-state index in [1.54, 1.807) is 13.8 Å². The number of carbonyl (C=O) groups is 2. The first-order valence-corrected chi connectivity index (χ1v) is 10.3. The summed E-state index contributed by atoms with van der Waals surface area (Å²) in [6.07, 6.45) is 0. The molecule has 5 nitrogen and oxygen atoms in total. The third-order valence-electron chi connectivity index (χ3n) is 5.68. The molecule has 3 heterocycles. The van der Waals surface area contributed by atoms with E-state index in [4.69, 9.17) is 0 Å². The van der Waals surface area contributed by atoms with Crippen molar-refractivity contribution in [2.24, 2.45) is 0 Å². The summed E-state index contributed by atoms with van der Waals surface area (Å²) in [7, 11) is 4.07. The second kappa shape index (κ2) is 8.21. The predicted octanol–water partition coefficient (Wildman–Crippen LogP) is 1.73. The molecule has 2 fully saturated rings. The van der Waals surface area contributed by atoms with Gasteiger partial charge in [0.25, 0.3) is 0 Å². The number of carbonyl (C=O) groups excluding carboxylic acids is 2. The van der Waals surface area contributed by atoms with Gasteiger partial charge in [0.05, 0.1) is 12.1 Å². The number of nitrogens with zero attached hydrogens (tertiary/aromatic N) is 2. The van der Waals surface area contributed by atoms with Gasteiger partial charge in [0.1, 0.15) is 5.78 Å². The molecule has 6 heteroatoms. The van der Waals surface area contributed by atoms with Gasteiger partial charge >= 0.3 is 0 Å². The van der Waals surface area contributed by atoms with Gasteiger partial charge in [-0.05, 0) is 39.1 Å². The highest BCUT2D eigenvalue weighted by molar-refractivity contribution is 8.00. The molecular weight excluding hydrogens is 346 g/mol. The fourth-order valence-corrected chi connectivity index (χ4v) is 5.90. The Morgan fingerprint density at radius 2 is 1.85 bits per heavy atom. The van der Waals surface area contributed by atoms with Crippen LogP contribution >= 0.6 is 11.8 Å². The molecule has 1 aromatic rings. The lowest BCUT2D eigenvalue weighted by Gasteiger charge is -2.39. The minimum absolute atomic E-state index is 0.0174. The summed E-state index contributed by atoms with van der Waals surface area (Å²) < 4.78 is 0. The van der Waals surface area contributed by atoms with E-state index in [2.05, 4.69) is 28.2 Å². The van der Waals surface area contributed by atoms with E-state index < -0.39 is 0 Å². The van der Waals surface area contributed by atoms with Crippen LogP contribution in [0.15, 0.2) is 24.3 Å². The number of thioether (sulfide) groups is 1. The van der Waals surface area contributed by atoms with E-state index in [0.717, 1.165) is 25.4 Å². The Labute approximate surface area is 160 Å². The first-order valence-electron chi connectivity index (χ1n) is 9.23. The molecule has 26 heavy (non-hydrogen) atoms. The molecule has 3 aliphatic rings. The maximum Gasteiger partial charge on any atom is 0.151 e. The lowest BCUT2D eigenvalue weighted by Crippen LogP contribution is -2.53. The van der Waals surface area contributed by atoms with Crippen molar-refractivity contribution in [1.29, 1.82) is 0 Å². The molecular formula is C20H29N3O2S. The second-order valence-electron chi connectivity index (χ2n) is 7.52. The largest absolute Gasteiger partial charge is 0.314 e. The number of hydrogen-bond acceptors (Lipinski definition) is 6. The predicted molar refractivity (Wildman–Crippen MR) is 106 cm³/mol. The summed E-state index contributed by atoms with van der Waals surface area (Å²) in [6, 6.07) is 8.85. The first-order chi connectivity index (χ1) is 12.4. The maximum absolute atomic E-state index is 11.4. The van der Waals surface area contributed by atoms with E-state index in [1.807, 2.05) is 37.0 Å². The molecule has 4 rings (SSSR count). The van der Waals surface area contributed by atoms with Gasteiger partial charge < -0.3 is 5.32 Å². The summed E-state index contributed by atoms with van der Waals surface area (Å²) in [5, 5.41) is 4.08. The van der Waals surface area contributed by atoms with E-state index in [1.165, 1.54) is 11.1 Å². The molecule has 0 bridgehead atoms. The van der Waals surface area contributed by atoms with Gasteiger partial charge in [-0.1, -0.05) is 24.3 Å². The van der Waals surface area contributed by atoms with Crippen LogP contribution in [0.25, 0.3) is 0 Å². The Balaban J connectivity index is 0.000000151. The lowest BCUT2D eigenvalue weighted by molar-refractivity contribution is -0.122. The Bertz CT molecular complexity index is 681. The fourth-order valence-electron chi connectivity index (χ4n) is 4.26. The summed E-state index contributed by atoms with van der Waals surface area (Å²) >= 11 is 1.95. The summed E-state index contributed by atoms with van der Waals surface area (Å²) in [6.45, 7) is 6.39. The van der Waals surface area contributed by atoms with Crippen LogP contribution in [0.5, 0.6) is 0 Å². The topological polar surface area (TPSA) is 52.7 Å². The highest BCUT2D eigenvalue weighted by atomic mass is 32.2. The zero-order valence-corrected chi connectivity index (χ0v) is 16.9. The van der Waals surface area contributed by atoms with Crippen molar-refractivity contribution in [2.75, 3.05) is 32.9 Å². The summed E-state index contributed by atoms with van der Waals surface area (Å²) in [5.41, 5.74) is 2.46. The molecule has 0 amide bonds. The quantitative estimate of drug-likeness (QED) is 0.850. The minimum atomic E-state index is -0.0174. The fraction of sp³-hybridized carbons (Fsp3) is 0.600. The minimum Gasteiger partial charge on any atom is -0.314 e. The van der Waals surface area contributed by atoms with Gasteiger partial charge in [-0.25, -0.2) is 0 Å². The Morgan fingerprint density at radius 1 is 1.12 bits per heavy atom. The molecule has 4 unspecified atom stereocenters. The molecule has 1 aromatic carbocycles. The molecule has 0 saturated carbocycles. The average molecular weight is 376 g/mol. The van der Waals surface area contributed by atoms with Crippen LogP contribution in [0, 0.1) is 0 Å². The SMILES string of the molecule is CC(=O)C1CSC2CNCC2N1C.CC(=O)C1c2ccccc2CN1C. The Morgan fingerprint density at radius 3 is 2.54 bits per heavy atom. The van der Waals surface area contributed by atoms with E-state index in [9.17, 15) is 9.59 Å². The molecule has 0 aliphatic carbocycles. The number of rotatable bonds is 2.